The molecule has 0 saturated heterocycles. The van der Waals surface area contributed by atoms with E-state index in [1.807, 2.05) is 34.6 Å². The van der Waals surface area contributed by atoms with Gasteiger partial charge in [0, 0.05) is 11.6 Å². The van der Waals surface area contributed by atoms with Crippen molar-refractivity contribution in [2.24, 2.45) is 0 Å². The molecule has 0 bridgehead atoms. The zero-order valence-corrected chi connectivity index (χ0v) is 18.4. The lowest BCUT2D eigenvalue weighted by Crippen LogP contribution is -2.33. The lowest BCUT2D eigenvalue weighted by atomic mass is 10.2. The summed E-state index contributed by atoms with van der Waals surface area (Å²) in [5.74, 6) is 2.12. The summed E-state index contributed by atoms with van der Waals surface area (Å²) in [5, 5.41) is 11.4. The molecule has 1 heterocycles. The summed E-state index contributed by atoms with van der Waals surface area (Å²) >= 11 is 1.20. The molecule has 1 aromatic heterocycles. The number of nitrogens with one attached hydrogen (secondary N) is 1. The summed E-state index contributed by atoms with van der Waals surface area (Å²) in [7, 11) is 0. The molecule has 0 spiro atoms. The number of carbonyl (C=O) groups excluding carboxylic acids is 1. The van der Waals surface area contributed by atoms with Crippen LogP contribution >= 0.6 is 11.8 Å². The molecule has 0 aliphatic rings. The maximum absolute atomic E-state index is 11.9. The van der Waals surface area contributed by atoms with Crippen molar-refractivity contribution < 1.29 is 23.4 Å². The first-order chi connectivity index (χ1) is 14.0. The molecular formula is C20H29N3O5S. The number of thioether (sulfide) groups is 1. The van der Waals surface area contributed by atoms with Crippen LogP contribution in [0, 0.1) is 0 Å². The quantitative estimate of drug-likeness (QED) is 0.513. The molecule has 0 aliphatic carbocycles. The summed E-state index contributed by atoms with van der Waals surface area (Å²) in [6.07, 6.45) is 0.878. The van der Waals surface area contributed by atoms with Crippen molar-refractivity contribution >= 4 is 17.7 Å². The monoisotopic (exact) mass is 423 g/mol. The fourth-order valence-electron chi connectivity index (χ4n) is 2.44. The van der Waals surface area contributed by atoms with E-state index < -0.39 is 0 Å². The summed E-state index contributed by atoms with van der Waals surface area (Å²) in [4.78, 5) is 11.9. The number of benzene rings is 1. The van der Waals surface area contributed by atoms with Gasteiger partial charge in [-0.05, 0) is 46.2 Å². The SMILES string of the molecule is CCOc1cc(-c2nnc(SCC(=O)NC(C)CC)o2)cc(OCC)c1OCC. The molecule has 0 radical (unpaired) electrons. The third-order valence-corrected chi connectivity index (χ3v) is 4.73. The van der Waals surface area contributed by atoms with E-state index in [0.717, 1.165) is 6.42 Å². The molecule has 2 aromatic rings. The highest BCUT2D eigenvalue weighted by atomic mass is 32.2. The third-order valence-electron chi connectivity index (χ3n) is 3.91. The molecule has 0 saturated carbocycles. The minimum atomic E-state index is -0.0672. The van der Waals surface area contributed by atoms with Crippen LogP contribution in [0.1, 0.15) is 41.0 Å². The average molecular weight is 424 g/mol. The number of hydrogen-bond donors (Lipinski definition) is 1. The van der Waals surface area contributed by atoms with Crippen LogP contribution in [-0.4, -0.2) is 47.7 Å². The van der Waals surface area contributed by atoms with Gasteiger partial charge in [0.2, 0.25) is 17.5 Å². The van der Waals surface area contributed by atoms with E-state index in [-0.39, 0.29) is 17.7 Å². The minimum absolute atomic E-state index is 0.0672. The Kier molecular flexibility index (Phi) is 9.11. The van der Waals surface area contributed by atoms with Gasteiger partial charge in [-0.25, -0.2) is 0 Å². The van der Waals surface area contributed by atoms with Crippen molar-refractivity contribution in [3.63, 3.8) is 0 Å². The van der Waals surface area contributed by atoms with E-state index in [4.69, 9.17) is 18.6 Å². The van der Waals surface area contributed by atoms with Gasteiger partial charge >= 0.3 is 0 Å². The van der Waals surface area contributed by atoms with E-state index in [2.05, 4.69) is 15.5 Å². The van der Waals surface area contributed by atoms with Crippen LogP contribution in [0.5, 0.6) is 17.2 Å². The van der Waals surface area contributed by atoms with Crippen molar-refractivity contribution in [2.75, 3.05) is 25.6 Å². The fourth-order valence-corrected chi connectivity index (χ4v) is 3.02. The summed E-state index contributed by atoms with van der Waals surface area (Å²) < 4.78 is 22.9. The Balaban J connectivity index is 2.20. The largest absolute Gasteiger partial charge is 0.490 e. The van der Waals surface area contributed by atoms with E-state index in [9.17, 15) is 4.79 Å². The first kappa shape index (κ1) is 22.9. The van der Waals surface area contributed by atoms with Crippen LogP contribution in [0.15, 0.2) is 21.8 Å². The Morgan fingerprint density at radius 2 is 1.69 bits per heavy atom. The Morgan fingerprint density at radius 3 is 2.24 bits per heavy atom. The van der Waals surface area contributed by atoms with E-state index >= 15 is 0 Å². The van der Waals surface area contributed by atoms with Gasteiger partial charge < -0.3 is 23.9 Å². The summed E-state index contributed by atoms with van der Waals surface area (Å²) in [6, 6.07) is 3.71. The van der Waals surface area contributed by atoms with Crippen molar-refractivity contribution in [3.8, 4) is 28.7 Å². The summed E-state index contributed by atoms with van der Waals surface area (Å²) in [6.45, 7) is 11.1. The van der Waals surface area contributed by atoms with Crippen LogP contribution in [-0.2, 0) is 4.79 Å². The molecule has 1 amide bonds. The third kappa shape index (κ3) is 6.56. The molecule has 0 aliphatic heterocycles. The number of rotatable bonds is 12. The second-order valence-corrected chi connectivity index (χ2v) is 7.07. The maximum atomic E-state index is 11.9. The number of amides is 1. The first-order valence-corrected chi connectivity index (χ1v) is 10.8. The number of ether oxygens (including phenoxy) is 3. The molecule has 160 valence electrons. The predicted molar refractivity (Wildman–Crippen MR) is 112 cm³/mol. The smallest absolute Gasteiger partial charge is 0.277 e. The van der Waals surface area contributed by atoms with Gasteiger partial charge in [-0.2, -0.15) is 0 Å². The molecular weight excluding hydrogens is 394 g/mol. The molecule has 1 aromatic carbocycles. The molecule has 0 fully saturated rings. The van der Waals surface area contributed by atoms with E-state index in [0.29, 0.717) is 53.7 Å². The Morgan fingerprint density at radius 1 is 1.07 bits per heavy atom. The first-order valence-electron chi connectivity index (χ1n) is 9.84. The predicted octanol–water partition coefficient (Wildman–Crippen LogP) is 3.94. The molecule has 8 nitrogen and oxygen atoms in total. The Bertz CT molecular complexity index is 769. The van der Waals surface area contributed by atoms with Gasteiger partial charge in [-0.3, -0.25) is 4.79 Å². The minimum Gasteiger partial charge on any atom is -0.490 e. The topological polar surface area (TPSA) is 95.7 Å². The van der Waals surface area contributed by atoms with Crippen LogP contribution in [0.3, 0.4) is 0 Å². The number of nitrogens with zero attached hydrogens (tertiary/aromatic N) is 2. The van der Waals surface area contributed by atoms with Crippen LogP contribution in [0.2, 0.25) is 0 Å². The second-order valence-electron chi connectivity index (χ2n) is 6.14. The molecule has 9 heteroatoms. The average Bonchev–Trinajstić information content (AvgIpc) is 3.18. The van der Waals surface area contributed by atoms with Crippen molar-refractivity contribution in [1.29, 1.82) is 0 Å². The van der Waals surface area contributed by atoms with Crippen LogP contribution in [0.25, 0.3) is 11.5 Å². The Labute approximate surface area is 175 Å². The van der Waals surface area contributed by atoms with Crippen molar-refractivity contribution in [3.05, 3.63) is 12.1 Å². The lowest BCUT2D eigenvalue weighted by Gasteiger charge is -2.16. The zero-order chi connectivity index (χ0) is 21.2. The Hall–Kier alpha value is -2.42. The molecule has 2 rings (SSSR count). The zero-order valence-electron chi connectivity index (χ0n) is 17.6. The van der Waals surface area contributed by atoms with Crippen molar-refractivity contribution in [2.45, 2.75) is 52.3 Å². The maximum Gasteiger partial charge on any atom is 0.277 e. The van der Waals surface area contributed by atoms with Gasteiger partial charge in [0.1, 0.15) is 0 Å². The number of aromatic nitrogens is 2. The highest BCUT2D eigenvalue weighted by Gasteiger charge is 2.19. The van der Waals surface area contributed by atoms with E-state index in [1.165, 1.54) is 11.8 Å². The van der Waals surface area contributed by atoms with Crippen LogP contribution < -0.4 is 19.5 Å². The van der Waals surface area contributed by atoms with Crippen LogP contribution in [0.4, 0.5) is 0 Å². The van der Waals surface area contributed by atoms with Crippen molar-refractivity contribution in [1.82, 2.24) is 15.5 Å². The standard InChI is InChI=1S/C20H29N3O5S/c1-6-13(5)21-17(24)12-29-20-23-22-19(28-20)14-10-15(25-7-2)18(27-9-4)16(11-14)26-8-3/h10-11,13H,6-9,12H2,1-5H3,(H,21,24). The number of carbonyl (C=O) groups is 1. The molecule has 1 N–H and O–H groups in total. The highest BCUT2D eigenvalue weighted by Crippen LogP contribution is 2.42. The highest BCUT2D eigenvalue weighted by molar-refractivity contribution is 7.99. The summed E-state index contributed by atoms with van der Waals surface area (Å²) in [5.41, 5.74) is 0.656. The fraction of sp³-hybridized carbons (Fsp3) is 0.550. The molecule has 1 unspecified atom stereocenters. The van der Waals surface area contributed by atoms with Gasteiger partial charge in [0.05, 0.1) is 25.6 Å². The molecule has 29 heavy (non-hydrogen) atoms. The lowest BCUT2D eigenvalue weighted by molar-refractivity contribution is -0.119. The number of hydrogen-bond acceptors (Lipinski definition) is 8. The van der Waals surface area contributed by atoms with Gasteiger partial charge in [-0.1, -0.05) is 18.7 Å². The van der Waals surface area contributed by atoms with Gasteiger partial charge in [0.15, 0.2) is 11.5 Å². The molecule has 1 atom stereocenters. The van der Waals surface area contributed by atoms with E-state index in [1.54, 1.807) is 12.1 Å². The van der Waals surface area contributed by atoms with Gasteiger partial charge in [0.25, 0.3) is 5.22 Å². The normalized spacial score (nSPS) is 11.8. The van der Waals surface area contributed by atoms with Gasteiger partial charge in [-0.15, -0.1) is 10.2 Å². The second kappa shape index (κ2) is 11.5.